The van der Waals surface area contributed by atoms with Gasteiger partial charge >= 0.3 is 0 Å². The van der Waals surface area contributed by atoms with E-state index in [4.69, 9.17) is 9.47 Å². The lowest BCUT2D eigenvalue weighted by Gasteiger charge is -2.08. The lowest BCUT2D eigenvalue weighted by molar-refractivity contribution is 0.0949. The van der Waals surface area contributed by atoms with E-state index in [-0.39, 0.29) is 11.8 Å². The zero-order chi connectivity index (χ0) is 21.8. The number of hydrogen-bond acceptors (Lipinski definition) is 5. The molecule has 31 heavy (non-hydrogen) atoms. The number of benzene rings is 2. The van der Waals surface area contributed by atoms with Crippen molar-refractivity contribution < 1.29 is 19.1 Å². The van der Waals surface area contributed by atoms with Crippen LogP contribution in [-0.4, -0.2) is 36.6 Å². The number of carbonyl (C=O) groups is 2. The van der Waals surface area contributed by atoms with Gasteiger partial charge in [0, 0.05) is 35.3 Å². The zero-order valence-corrected chi connectivity index (χ0v) is 18.1. The Kier molecular flexibility index (Phi) is 6.18. The van der Waals surface area contributed by atoms with Crippen LogP contribution >= 0.6 is 11.3 Å². The number of nitrogens with one attached hydrogen (secondary N) is 1. The minimum Gasteiger partial charge on any atom is -0.493 e. The lowest BCUT2D eigenvalue weighted by Crippen LogP contribution is -2.25. The van der Waals surface area contributed by atoms with E-state index in [1.165, 1.54) is 18.4 Å². The number of rotatable bonds is 7. The molecule has 4 rings (SSSR count). The molecule has 0 aliphatic heterocycles. The maximum Gasteiger partial charge on any atom is 0.279 e. The molecule has 1 heterocycles. The fourth-order valence-corrected chi connectivity index (χ4v) is 3.86. The maximum atomic E-state index is 12.7. The van der Waals surface area contributed by atoms with Gasteiger partial charge in [-0.05, 0) is 48.7 Å². The number of hydrogen-bond donors (Lipinski definition) is 1. The van der Waals surface area contributed by atoms with E-state index in [0.717, 1.165) is 18.4 Å². The molecule has 2 amide bonds. The van der Waals surface area contributed by atoms with E-state index < -0.39 is 0 Å². The number of amides is 2. The molecule has 0 spiro atoms. The first-order valence-electron chi connectivity index (χ1n) is 9.92. The monoisotopic (exact) mass is 437 g/mol. The highest BCUT2D eigenvalue weighted by molar-refractivity contribution is 7.07. The molecule has 1 aliphatic carbocycles. The van der Waals surface area contributed by atoms with Gasteiger partial charge in [0.1, 0.15) is 0 Å². The van der Waals surface area contributed by atoms with Crippen molar-refractivity contribution in [1.29, 1.82) is 0 Å². The largest absolute Gasteiger partial charge is 0.493 e. The molecule has 8 heteroatoms. The third kappa shape index (κ3) is 5.03. The smallest absolute Gasteiger partial charge is 0.279 e. The molecular formula is C23H23N3O4S. The molecule has 1 N–H and O–H groups in total. The first-order valence-corrected chi connectivity index (χ1v) is 10.8. The average Bonchev–Trinajstić information content (AvgIpc) is 3.51. The summed E-state index contributed by atoms with van der Waals surface area (Å²) in [5, 5.41) is 4.88. The molecule has 0 saturated heterocycles. The van der Waals surface area contributed by atoms with Crippen molar-refractivity contribution in [2.45, 2.75) is 25.4 Å². The lowest BCUT2D eigenvalue weighted by atomic mass is 10.1. The van der Waals surface area contributed by atoms with E-state index >= 15 is 0 Å². The molecule has 1 fully saturated rings. The van der Waals surface area contributed by atoms with Gasteiger partial charge in [-0.15, -0.1) is 11.3 Å². The number of thiazole rings is 1. The van der Waals surface area contributed by atoms with E-state index in [9.17, 15) is 9.59 Å². The van der Waals surface area contributed by atoms with E-state index in [1.54, 1.807) is 25.3 Å². The summed E-state index contributed by atoms with van der Waals surface area (Å²) < 4.78 is 12.4. The minimum atomic E-state index is -0.366. The van der Waals surface area contributed by atoms with Gasteiger partial charge in [0.15, 0.2) is 16.3 Å². The van der Waals surface area contributed by atoms with Gasteiger partial charge in [-0.2, -0.15) is 4.99 Å². The van der Waals surface area contributed by atoms with Crippen LogP contribution in [0.3, 0.4) is 0 Å². The third-order valence-electron chi connectivity index (χ3n) is 4.94. The summed E-state index contributed by atoms with van der Waals surface area (Å²) in [7, 11) is 3.07. The quantitative estimate of drug-likeness (QED) is 0.615. The summed E-state index contributed by atoms with van der Waals surface area (Å²) in [6.45, 7) is 0.506. The predicted molar refractivity (Wildman–Crippen MR) is 118 cm³/mol. The van der Waals surface area contributed by atoms with E-state index in [2.05, 4.69) is 10.3 Å². The van der Waals surface area contributed by atoms with Gasteiger partial charge in [-0.3, -0.25) is 9.59 Å². The number of carbonyl (C=O) groups excluding carboxylic acids is 2. The van der Waals surface area contributed by atoms with Crippen LogP contribution in [0.2, 0.25) is 0 Å². The highest BCUT2D eigenvalue weighted by Gasteiger charge is 2.23. The zero-order valence-electron chi connectivity index (χ0n) is 17.3. The van der Waals surface area contributed by atoms with Gasteiger partial charge < -0.3 is 19.4 Å². The third-order valence-corrected chi connectivity index (χ3v) is 5.74. The Hall–Kier alpha value is -3.39. The van der Waals surface area contributed by atoms with Gasteiger partial charge in [0.2, 0.25) is 0 Å². The molecule has 0 atom stereocenters. The first kappa shape index (κ1) is 20.9. The highest BCUT2D eigenvalue weighted by atomic mass is 32.1. The van der Waals surface area contributed by atoms with Crippen molar-refractivity contribution in [3.8, 4) is 11.5 Å². The molecule has 1 aromatic heterocycles. The Morgan fingerprint density at radius 3 is 2.65 bits per heavy atom. The topological polar surface area (TPSA) is 81.9 Å². The molecule has 7 nitrogen and oxygen atoms in total. The van der Waals surface area contributed by atoms with E-state index in [0.29, 0.717) is 40.0 Å². The molecule has 0 bridgehead atoms. The van der Waals surface area contributed by atoms with Crippen molar-refractivity contribution in [3.63, 3.8) is 0 Å². The molecule has 0 unspecified atom stereocenters. The van der Waals surface area contributed by atoms with Crippen LogP contribution in [0.25, 0.3) is 0 Å². The molecule has 3 aromatic rings. The standard InChI is InChI=1S/C23H23N3O4S/c1-29-19-9-6-17(13-20(19)30-2)22(28)25-23-26(10-11-31-23)14-15-4-3-5-16(12-15)21(27)24-18-7-8-18/h3-6,9-13,18H,7-8,14H2,1-2H3,(H,24,27). The first-order chi connectivity index (χ1) is 15.1. The predicted octanol–water partition coefficient (Wildman–Crippen LogP) is 3.25. The Morgan fingerprint density at radius 2 is 1.90 bits per heavy atom. The maximum absolute atomic E-state index is 12.7. The van der Waals surface area contributed by atoms with Crippen LogP contribution in [0, 0.1) is 0 Å². The number of ether oxygens (including phenoxy) is 2. The Balaban J connectivity index is 1.54. The van der Waals surface area contributed by atoms with Crippen LogP contribution in [0.5, 0.6) is 11.5 Å². The van der Waals surface area contributed by atoms with Crippen molar-refractivity contribution in [2.75, 3.05) is 14.2 Å². The number of nitrogens with zero attached hydrogens (tertiary/aromatic N) is 2. The summed E-state index contributed by atoms with van der Waals surface area (Å²) in [5.74, 6) is 0.614. The van der Waals surface area contributed by atoms with Crippen LogP contribution in [0.4, 0.5) is 0 Å². The van der Waals surface area contributed by atoms with Crippen molar-refractivity contribution in [3.05, 3.63) is 75.5 Å². The summed E-state index contributed by atoms with van der Waals surface area (Å²) in [5.41, 5.74) is 2.01. The normalized spacial score (nSPS) is 13.7. The van der Waals surface area contributed by atoms with E-state index in [1.807, 2.05) is 40.4 Å². The van der Waals surface area contributed by atoms with Gasteiger partial charge in [-0.1, -0.05) is 12.1 Å². The molecule has 1 aliphatic rings. The van der Waals surface area contributed by atoms with Crippen molar-refractivity contribution in [2.24, 2.45) is 4.99 Å². The van der Waals surface area contributed by atoms with Crippen LogP contribution in [0.1, 0.15) is 39.1 Å². The summed E-state index contributed by atoms with van der Waals surface area (Å²) in [6.07, 6.45) is 3.98. The minimum absolute atomic E-state index is 0.0480. The molecule has 0 radical (unpaired) electrons. The Labute approximate surface area is 184 Å². The number of aromatic nitrogens is 1. The highest BCUT2D eigenvalue weighted by Crippen LogP contribution is 2.27. The Bertz CT molecular complexity index is 1180. The fraction of sp³-hybridized carbons (Fsp3) is 0.261. The van der Waals surface area contributed by atoms with Gasteiger partial charge in [0.05, 0.1) is 14.2 Å². The SMILES string of the molecule is COc1ccc(C(=O)N=c2sccn2Cc2cccc(C(=O)NC3CC3)c2)cc1OC. The van der Waals surface area contributed by atoms with Crippen LogP contribution in [0.15, 0.2) is 59.0 Å². The molecule has 2 aromatic carbocycles. The second kappa shape index (κ2) is 9.18. The van der Waals surface area contributed by atoms with Crippen LogP contribution in [-0.2, 0) is 6.54 Å². The molecular weight excluding hydrogens is 414 g/mol. The van der Waals surface area contributed by atoms with Gasteiger partial charge in [0.25, 0.3) is 11.8 Å². The Morgan fingerprint density at radius 1 is 1.10 bits per heavy atom. The molecule has 160 valence electrons. The average molecular weight is 438 g/mol. The van der Waals surface area contributed by atoms with Crippen molar-refractivity contribution in [1.82, 2.24) is 9.88 Å². The summed E-state index contributed by atoms with van der Waals surface area (Å²) in [4.78, 5) is 29.9. The summed E-state index contributed by atoms with van der Waals surface area (Å²) in [6, 6.07) is 12.8. The second-order valence-electron chi connectivity index (χ2n) is 7.25. The number of methoxy groups -OCH3 is 2. The molecule has 1 saturated carbocycles. The fourth-order valence-electron chi connectivity index (χ4n) is 3.13. The van der Waals surface area contributed by atoms with Gasteiger partial charge in [-0.25, -0.2) is 0 Å². The second-order valence-corrected chi connectivity index (χ2v) is 8.12. The van der Waals surface area contributed by atoms with Crippen LogP contribution < -0.4 is 19.6 Å². The van der Waals surface area contributed by atoms with Crippen molar-refractivity contribution >= 4 is 23.2 Å². The summed E-state index contributed by atoms with van der Waals surface area (Å²) >= 11 is 1.38.